The molecule has 3 fully saturated rings. The van der Waals surface area contributed by atoms with Gasteiger partial charge in [0.05, 0.1) is 6.10 Å². The van der Waals surface area contributed by atoms with Gasteiger partial charge in [-0.25, -0.2) is 4.79 Å². The van der Waals surface area contributed by atoms with E-state index in [9.17, 15) is 24.3 Å². The standard InChI is InChI=1S/C25H32O7/c1-24-8-7-16(27)11-15(24)3-4-17-18-5-6-19(25(18,2)12-20(28)23(17)24)21(29)13-32-22(30)14-31-10-9-26/h7-9,11,17-20,23,28H,3-6,10,12-14H2,1-2H3. The van der Waals surface area contributed by atoms with Crippen LogP contribution in [0, 0.1) is 34.5 Å². The van der Waals surface area contributed by atoms with E-state index in [1.807, 2.05) is 6.08 Å². The van der Waals surface area contributed by atoms with Gasteiger partial charge in [-0.05, 0) is 61.5 Å². The average molecular weight is 445 g/mol. The smallest absolute Gasteiger partial charge is 0.332 e. The molecule has 0 aromatic rings. The summed E-state index contributed by atoms with van der Waals surface area (Å²) in [5.74, 6) is -0.408. The summed E-state index contributed by atoms with van der Waals surface area (Å²) in [4.78, 5) is 46.9. The number of aliphatic hydroxyl groups is 1. The average Bonchev–Trinajstić information content (AvgIpc) is 3.09. The lowest BCUT2D eigenvalue weighted by molar-refractivity contribution is -0.156. The first-order chi connectivity index (χ1) is 15.2. The van der Waals surface area contributed by atoms with Gasteiger partial charge < -0.3 is 19.4 Å². The Balaban J connectivity index is 1.47. The minimum Gasteiger partial charge on any atom is -0.456 e. The minimum atomic E-state index is -0.665. The fraction of sp³-hybridized carbons (Fsp3) is 0.680. The van der Waals surface area contributed by atoms with Crippen molar-refractivity contribution in [3.8, 4) is 0 Å². The molecule has 4 aliphatic rings. The Labute approximate surface area is 188 Å². The summed E-state index contributed by atoms with van der Waals surface area (Å²) in [5.41, 5.74) is 0.448. The molecule has 0 amide bonds. The van der Waals surface area contributed by atoms with E-state index in [-0.39, 0.29) is 60.0 Å². The van der Waals surface area contributed by atoms with Crippen molar-refractivity contribution in [3.05, 3.63) is 23.8 Å². The number of allylic oxidation sites excluding steroid dienone is 4. The lowest BCUT2D eigenvalue weighted by Crippen LogP contribution is -2.56. The normalized spacial score (nSPS) is 40.0. The summed E-state index contributed by atoms with van der Waals surface area (Å²) >= 11 is 0. The Kier molecular flexibility index (Phi) is 6.25. The van der Waals surface area contributed by atoms with Crippen molar-refractivity contribution in [3.63, 3.8) is 0 Å². The summed E-state index contributed by atoms with van der Waals surface area (Å²) in [7, 11) is 0. The second kappa shape index (κ2) is 8.67. The number of carbonyl (C=O) groups is 4. The van der Waals surface area contributed by atoms with Gasteiger partial charge in [0.1, 0.15) is 26.1 Å². The van der Waals surface area contributed by atoms with Crippen LogP contribution in [-0.2, 0) is 28.7 Å². The van der Waals surface area contributed by atoms with E-state index in [4.69, 9.17) is 9.47 Å². The molecule has 7 heteroatoms. The molecule has 0 radical (unpaired) electrons. The molecule has 3 saturated carbocycles. The van der Waals surface area contributed by atoms with Crippen LogP contribution in [0.5, 0.6) is 0 Å². The third-order valence-corrected chi connectivity index (χ3v) is 8.66. The molecular weight excluding hydrogens is 412 g/mol. The zero-order chi connectivity index (χ0) is 23.1. The zero-order valence-electron chi connectivity index (χ0n) is 18.7. The van der Waals surface area contributed by atoms with Gasteiger partial charge in [0.2, 0.25) is 0 Å². The highest BCUT2D eigenvalue weighted by molar-refractivity contribution is 6.01. The van der Waals surface area contributed by atoms with Crippen molar-refractivity contribution in [2.45, 2.75) is 52.1 Å². The van der Waals surface area contributed by atoms with Gasteiger partial charge in [-0.3, -0.25) is 9.59 Å². The van der Waals surface area contributed by atoms with Gasteiger partial charge in [0, 0.05) is 17.3 Å². The van der Waals surface area contributed by atoms with E-state index in [1.165, 1.54) is 0 Å². The van der Waals surface area contributed by atoms with Crippen LogP contribution in [0.1, 0.15) is 46.0 Å². The Morgan fingerprint density at radius 2 is 2.00 bits per heavy atom. The van der Waals surface area contributed by atoms with Crippen molar-refractivity contribution >= 4 is 23.8 Å². The topological polar surface area (TPSA) is 107 Å². The molecule has 32 heavy (non-hydrogen) atoms. The summed E-state index contributed by atoms with van der Waals surface area (Å²) < 4.78 is 9.90. The third-order valence-electron chi connectivity index (χ3n) is 8.66. The maximum absolute atomic E-state index is 13.0. The first-order valence-electron chi connectivity index (χ1n) is 11.5. The summed E-state index contributed by atoms with van der Waals surface area (Å²) in [6, 6.07) is 0. The highest BCUT2D eigenvalue weighted by atomic mass is 16.6. The molecule has 7 unspecified atom stereocenters. The molecule has 4 rings (SSSR count). The first-order valence-corrected chi connectivity index (χ1v) is 11.5. The van der Waals surface area contributed by atoms with E-state index < -0.39 is 12.1 Å². The Bertz CT molecular complexity index is 874. The van der Waals surface area contributed by atoms with E-state index in [0.29, 0.717) is 18.6 Å². The Morgan fingerprint density at radius 1 is 1.22 bits per heavy atom. The van der Waals surface area contributed by atoms with E-state index in [1.54, 1.807) is 12.2 Å². The highest BCUT2D eigenvalue weighted by Gasteiger charge is 2.62. The number of ketones is 2. The van der Waals surface area contributed by atoms with Crippen molar-refractivity contribution in [1.82, 2.24) is 0 Å². The number of Topliss-reactive ketones (excluding diaryl/α,β-unsaturated/α-hetero) is 1. The number of rotatable bonds is 7. The molecule has 0 spiro atoms. The largest absolute Gasteiger partial charge is 0.456 e. The molecular formula is C25H32O7. The summed E-state index contributed by atoms with van der Waals surface area (Å²) in [6.45, 7) is 3.38. The fourth-order valence-electron chi connectivity index (χ4n) is 7.34. The van der Waals surface area contributed by atoms with Crippen LogP contribution < -0.4 is 0 Å². The van der Waals surface area contributed by atoms with Crippen molar-refractivity contribution < 1.29 is 33.8 Å². The number of fused-ring (bicyclic) bond motifs is 5. The van der Waals surface area contributed by atoms with Crippen LogP contribution in [0.2, 0.25) is 0 Å². The number of aliphatic hydroxyl groups excluding tert-OH is 1. The van der Waals surface area contributed by atoms with Crippen LogP contribution in [0.4, 0.5) is 0 Å². The number of esters is 1. The number of carbonyl (C=O) groups excluding carboxylic acids is 4. The molecule has 0 aromatic heterocycles. The van der Waals surface area contributed by atoms with E-state index in [2.05, 4.69) is 13.8 Å². The van der Waals surface area contributed by atoms with Gasteiger partial charge in [-0.1, -0.05) is 25.5 Å². The second-order valence-electron chi connectivity index (χ2n) is 10.2. The molecule has 174 valence electrons. The van der Waals surface area contributed by atoms with Crippen molar-refractivity contribution in [1.29, 1.82) is 0 Å². The predicted molar refractivity (Wildman–Crippen MR) is 114 cm³/mol. The minimum absolute atomic E-state index is 0.0173. The van der Waals surface area contributed by atoms with Crippen LogP contribution in [-0.4, -0.2) is 54.9 Å². The molecule has 1 N–H and O–H groups in total. The predicted octanol–water partition coefficient (Wildman–Crippen LogP) is 2.21. The molecule has 0 heterocycles. The van der Waals surface area contributed by atoms with E-state index >= 15 is 0 Å². The van der Waals surface area contributed by atoms with Crippen LogP contribution in [0.3, 0.4) is 0 Å². The Hall–Kier alpha value is -2.12. The number of hydrogen-bond donors (Lipinski definition) is 1. The SMILES string of the molecule is CC12C=CC(=O)C=C1CCC1C2C(O)CC2(C)C(C(=O)COC(=O)COCC=O)CCC12. The van der Waals surface area contributed by atoms with Crippen LogP contribution in [0.25, 0.3) is 0 Å². The number of aldehydes is 1. The second-order valence-corrected chi connectivity index (χ2v) is 10.2. The molecule has 0 saturated heterocycles. The maximum Gasteiger partial charge on any atom is 0.332 e. The highest BCUT2D eigenvalue weighted by Crippen LogP contribution is 2.66. The van der Waals surface area contributed by atoms with Gasteiger partial charge >= 0.3 is 5.97 Å². The molecule has 0 bridgehead atoms. The first kappa shape index (κ1) is 23.1. The Morgan fingerprint density at radius 3 is 2.75 bits per heavy atom. The maximum atomic E-state index is 13.0. The van der Waals surface area contributed by atoms with Crippen molar-refractivity contribution in [2.24, 2.45) is 34.5 Å². The molecule has 0 aromatic carbocycles. The third kappa shape index (κ3) is 3.79. The lowest BCUT2D eigenvalue weighted by atomic mass is 9.46. The zero-order valence-corrected chi connectivity index (χ0v) is 18.7. The van der Waals surface area contributed by atoms with Gasteiger partial charge in [0.15, 0.2) is 11.6 Å². The van der Waals surface area contributed by atoms with Gasteiger partial charge in [-0.15, -0.1) is 0 Å². The monoisotopic (exact) mass is 444 g/mol. The quantitative estimate of drug-likeness (QED) is 0.364. The molecule has 7 atom stereocenters. The van der Waals surface area contributed by atoms with Crippen molar-refractivity contribution in [2.75, 3.05) is 19.8 Å². The summed E-state index contributed by atoms with van der Waals surface area (Å²) in [6.07, 6.45) is 9.24. The van der Waals surface area contributed by atoms with Crippen LogP contribution in [0.15, 0.2) is 23.8 Å². The molecule has 0 aliphatic heterocycles. The molecule has 4 aliphatic carbocycles. The van der Waals surface area contributed by atoms with E-state index in [0.717, 1.165) is 31.3 Å². The lowest BCUT2D eigenvalue weighted by Gasteiger charge is -2.58. The number of ether oxygens (including phenoxy) is 2. The number of hydrogen-bond acceptors (Lipinski definition) is 7. The van der Waals surface area contributed by atoms with Gasteiger partial charge in [-0.2, -0.15) is 0 Å². The summed E-state index contributed by atoms with van der Waals surface area (Å²) in [5, 5.41) is 11.3. The fourth-order valence-corrected chi connectivity index (χ4v) is 7.34. The van der Waals surface area contributed by atoms with Gasteiger partial charge in [0.25, 0.3) is 0 Å². The molecule has 7 nitrogen and oxygen atoms in total. The van der Waals surface area contributed by atoms with Crippen LogP contribution >= 0.6 is 0 Å².